The van der Waals surface area contributed by atoms with E-state index in [2.05, 4.69) is 53.4 Å². The van der Waals surface area contributed by atoms with E-state index in [4.69, 9.17) is 19.0 Å². The summed E-state index contributed by atoms with van der Waals surface area (Å²) in [6.45, 7) is 10.7. The van der Waals surface area contributed by atoms with Crippen LogP contribution in [0.3, 0.4) is 0 Å². The quantitative estimate of drug-likeness (QED) is 0.192. The maximum absolute atomic E-state index is 12.6. The third kappa shape index (κ3) is 7.80. The van der Waals surface area contributed by atoms with Crippen LogP contribution < -0.4 is 5.69 Å². The second kappa shape index (κ2) is 13.1. The molecule has 4 atom stereocenters. The second-order valence-corrected chi connectivity index (χ2v) is 9.92. The standard InChI is InChI=1S/C21H36N7O4P/c1-8-17-18(32-33(30-11-9-10-22)28(15(2)3)16(4)5)12-19(31-17)27-14-24-20(25-21(27)29)23-13-26(6)7/h13-19H,8-9,11-12H2,1-7H3. The van der Waals surface area contributed by atoms with Gasteiger partial charge in [-0.2, -0.15) is 10.2 Å². The van der Waals surface area contributed by atoms with Crippen LogP contribution in [0.2, 0.25) is 0 Å². The summed E-state index contributed by atoms with van der Waals surface area (Å²) in [5.41, 5.74) is -0.477. The summed E-state index contributed by atoms with van der Waals surface area (Å²) in [6.07, 6.45) is 3.40. The van der Waals surface area contributed by atoms with Crippen LogP contribution in [0, 0.1) is 11.3 Å². The van der Waals surface area contributed by atoms with E-state index in [1.807, 2.05) is 21.0 Å². The fourth-order valence-electron chi connectivity index (χ4n) is 3.52. The molecule has 184 valence electrons. The van der Waals surface area contributed by atoms with Gasteiger partial charge in [-0.3, -0.25) is 4.57 Å². The van der Waals surface area contributed by atoms with Crippen molar-refractivity contribution < 1.29 is 13.8 Å². The van der Waals surface area contributed by atoms with Gasteiger partial charge in [0, 0.05) is 32.6 Å². The number of rotatable bonds is 12. The van der Waals surface area contributed by atoms with Crippen LogP contribution in [0.1, 0.15) is 60.1 Å². The fraction of sp³-hybridized carbons (Fsp3) is 0.762. The van der Waals surface area contributed by atoms with Crippen molar-refractivity contribution in [3.8, 4) is 6.07 Å². The molecule has 1 aliphatic heterocycles. The summed E-state index contributed by atoms with van der Waals surface area (Å²) in [6, 6.07) is 2.50. The van der Waals surface area contributed by atoms with Gasteiger partial charge in [-0.1, -0.05) is 6.92 Å². The molecule has 0 N–H and O–H groups in total. The maximum Gasteiger partial charge on any atom is 0.354 e. The van der Waals surface area contributed by atoms with E-state index >= 15 is 0 Å². The highest BCUT2D eigenvalue weighted by Crippen LogP contribution is 2.50. The molecular weight excluding hydrogens is 445 g/mol. The van der Waals surface area contributed by atoms with Crippen molar-refractivity contribution in [1.29, 1.82) is 5.26 Å². The zero-order valence-electron chi connectivity index (χ0n) is 20.6. The molecule has 0 amide bonds. The molecule has 0 bridgehead atoms. The second-order valence-electron chi connectivity index (χ2n) is 8.52. The number of ether oxygens (including phenoxy) is 1. The van der Waals surface area contributed by atoms with Gasteiger partial charge >= 0.3 is 5.69 Å². The van der Waals surface area contributed by atoms with Crippen molar-refractivity contribution in [3.63, 3.8) is 0 Å². The molecule has 0 saturated carbocycles. The Morgan fingerprint density at radius 1 is 1.39 bits per heavy atom. The van der Waals surface area contributed by atoms with Crippen LogP contribution in [0.4, 0.5) is 5.95 Å². The van der Waals surface area contributed by atoms with Crippen LogP contribution in [0.5, 0.6) is 0 Å². The normalized spacial score (nSPS) is 21.9. The number of aromatic nitrogens is 3. The number of hydrogen-bond donors (Lipinski definition) is 0. The van der Waals surface area contributed by atoms with E-state index in [1.165, 1.54) is 17.2 Å². The fourth-order valence-corrected chi connectivity index (χ4v) is 5.28. The van der Waals surface area contributed by atoms with Gasteiger partial charge < -0.3 is 18.7 Å². The lowest BCUT2D eigenvalue weighted by Gasteiger charge is -2.37. The highest BCUT2D eigenvalue weighted by Gasteiger charge is 2.40. The summed E-state index contributed by atoms with van der Waals surface area (Å²) >= 11 is 0. The Balaban J connectivity index is 2.20. The Bertz CT molecular complexity index is 863. The Morgan fingerprint density at radius 2 is 2.09 bits per heavy atom. The Kier molecular flexibility index (Phi) is 10.8. The minimum Gasteiger partial charge on any atom is -0.369 e. The molecule has 1 fully saturated rings. The molecule has 2 heterocycles. The third-order valence-corrected chi connectivity index (χ3v) is 7.05. The van der Waals surface area contributed by atoms with Gasteiger partial charge in [0.1, 0.15) is 12.6 Å². The lowest BCUT2D eigenvalue weighted by Crippen LogP contribution is -2.35. The zero-order valence-corrected chi connectivity index (χ0v) is 21.5. The third-order valence-electron chi connectivity index (χ3n) is 4.90. The highest BCUT2D eigenvalue weighted by molar-refractivity contribution is 7.44. The predicted molar refractivity (Wildman–Crippen MR) is 127 cm³/mol. The summed E-state index contributed by atoms with van der Waals surface area (Å²) in [4.78, 5) is 26.5. The monoisotopic (exact) mass is 481 g/mol. The Labute approximate surface area is 197 Å². The predicted octanol–water partition coefficient (Wildman–Crippen LogP) is 3.22. The zero-order chi connectivity index (χ0) is 24.5. The van der Waals surface area contributed by atoms with Crippen molar-refractivity contribution >= 4 is 20.8 Å². The summed E-state index contributed by atoms with van der Waals surface area (Å²) in [7, 11) is 2.23. The van der Waals surface area contributed by atoms with E-state index in [1.54, 1.807) is 4.90 Å². The Hall–Kier alpha value is -1.96. The number of nitrogens with zero attached hydrogens (tertiary/aromatic N) is 7. The van der Waals surface area contributed by atoms with Gasteiger partial charge in [-0.25, -0.2) is 19.4 Å². The Morgan fingerprint density at radius 3 is 2.64 bits per heavy atom. The molecule has 0 aromatic carbocycles. The van der Waals surface area contributed by atoms with Gasteiger partial charge in [0.2, 0.25) is 0 Å². The molecule has 1 saturated heterocycles. The average Bonchev–Trinajstić information content (AvgIpc) is 3.14. The van der Waals surface area contributed by atoms with Crippen LogP contribution in [0.25, 0.3) is 0 Å². The summed E-state index contributed by atoms with van der Waals surface area (Å²) < 4.78 is 22.2. The number of nitriles is 1. The van der Waals surface area contributed by atoms with E-state index < -0.39 is 20.4 Å². The SMILES string of the molecule is CCC1OC(n2cnc(N=CN(C)C)nc2=O)CC1OP(OCCC#N)N(C(C)C)C(C)C. The first-order valence-electron chi connectivity index (χ1n) is 11.2. The lowest BCUT2D eigenvalue weighted by molar-refractivity contribution is -0.0205. The molecule has 4 unspecified atom stereocenters. The van der Waals surface area contributed by atoms with Crippen molar-refractivity contribution in [1.82, 2.24) is 24.1 Å². The van der Waals surface area contributed by atoms with Crippen LogP contribution in [-0.2, 0) is 13.8 Å². The summed E-state index contributed by atoms with van der Waals surface area (Å²) in [5, 5.41) is 8.92. The van der Waals surface area contributed by atoms with Crippen molar-refractivity contribution in [2.45, 2.75) is 84.4 Å². The first kappa shape index (κ1) is 27.3. The molecule has 0 aliphatic carbocycles. The topological polar surface area (TPSA) is 118 Å². The van der Waals surface area contributed by atoms with Gasteiger partial charge in [-0.15, -0.1) is 0 Å². The summed E-state index contributed by atoms with van der Waals surface area (Å²) in [5.74, 6) is 0.0988. The molecule has 12 heteroatoms. The largest absolute Gasteiger partial charge is 0.369 e. The molecule has 0 spiro atoms. The van der Waals surface area contributed by atoms with Crippen molar-refractivity contribution in [3.05, 3.63) is 16.8 Å². The smallest absolute Gasteiger partial charge is 0.354 e. The molecular formula is C21H36N7O4P. The van der Waals surface area contributed by atoms with Gasteiger partial charge in [0.25, 0.3) is 14.5 Å². The lowest BCUT2D eigenvalue weighted by atomic mass is 10.1. The minimum absolute atomic E-state index is 0.0988. The first-order valence-corrected chi connectivity index (χ1v) is 12.4. The van der Waals surface area contributed by atoms with E-state index in [0.29, 0.717) is 25.9 Å². The highest BCUT2D eigenvalue weighted by atomic mass is 31.2. The van der Waals surface area contributed by atoms with Crippen molar-refractivity contribution in [2.75, 3.05) is 20.7 Å². The maximum atomic E-state index is 12.6. The van der Waals surface area contributed by atoms with Gasteiger partial charge in [0.15, 0.2) is 0 Å². The molecule has 0 radical (unpaired) electrons. The molecule has 2 rings (SSSR count). The van der Waals surface area contributed by atoms with E-state index in [-0.39, 0.29) is 30.2 Å². The van der Waals surface area contributed by atoms with Crippen LogP contribution in [0.15, 0.2) is 16.1 Å². The van der Waals surface area contributed by atoms with Gasteiger partial charge in [-0.05, 0) is 34.1 Å². The molecule has 1 aromatic heterocycles. The number of aliphatic imine (C=N–C) groups is 1. The molecule has 1 aromatic rings. The average molecular weight is 482 g/mol. The van der Waals surface area contributed by atoms with Gasteiger partial charge in [0.05, 0.1) is 37.6 Å². The minimum atomic E-state index is -1.41. The van der Waals surface area contributed by atoms with Crippen molar-refractivity contribution in [2.24, 2.45) is 4.99 Å². The molecule has 11 nitrogen and oxygen atoms in total. The van der Waals surface area contributed by atoms with E-state index in [0.717, 1.165) is 0 Å². The molecule has 33 heavy (non-hydrogen) atoms. The molecule has 1 aliphatic rings. The first-order chi connectivity index (χ1) is 15.7. The number of hydrogen-bond acceptors (Lipinski definition) is 9. The van der Waals surface area contributed by atoms with Crippen LogP contribution in [-0.4, -0.2) is 75.4 Å². The van der Waals surface area contributed by atoms with E-state index in [9.17, 15) is 4.79 Å². The van der Waals surface area contributed by atoms with Crippen LogP contribution >= 0.6 is 8.53 Å².